The van der Waals surface area contributed by atoms with Crippen LogP contribution in [-0.4, -0.2) is 29.7 Å². The minimum Gasteiger partial charge on any atom is -0.479 e. The maximum atomic E-state index is 13.1. The zero-order valence-corrected chi connectivity index (χ0v) is 18.9. The first-order chi connectivity index (χ1) is 16.1. The van der Waals surface area contributed by atoms with Crippen molar-refractivity contribution in [2.75, 3.05) is 6.61 Å². The van der Waals surface area contributed by atoms with Crippen molar-refractivity contribution in [3.05, 3.63) is 107 Å². The molecule has 3 aromatic rings. The molecule has 0 saturated heterocycles. The van der Waals surface area contributed by atoms with Crippen LogP contribution in [0, 0.1) is 0 Å². The summed E-state index contributed by atoms with van der Waals surface area (Å²) in [6.07, 6.45) is 0.919. The summed E-state index contributed by atoms with van der Waals surface area (Å²) in [5, 5.41) is 12.4. The van der Waals surface area contributed by atoms with E-state index in [1.165, 1.54) is 0 Å². The molecule has 172 valence electrons. The van der Waals surface area contributed by atoms with Crippen molar-refractivity contribution < 1.29 is 19.4 Å². The number of aryl methyl sites for hydroxylation is 1. The number of hydrogen-bond acceptors (Lipinski definition) is 3. The van der Waals surface area contributed by atoms with Gasteiger partial charge in [-0.3, -0.25) is 4.79 Å². The molecule has 0 aliphatic carbocycles. The normalized spacial score (nSPS) is 12.6. The van der Waals surface area contributed by atoms with Crippen molar-refractivity contribution in [3.8, 4) is 0 Å². The van der Waals surface area contributed by atoms with E-state index in [4.69, 9.17) is 4.74 Å². The maximum Gasteiger partial charge on any atom is 0.333 e. The molecule has 2 N–H and O–H groups in total. The zero-order chi connectivity index (χ0) is 23.5. The molecule has 0 aliphatic rings. The summed E-state index contributed by atoms with van der Waals surface area (Å²) in [5.74, 6) is -1.18. The summed E-state index contributed by atoms with van der Waals surface area (Å²) in [6.45, 7) is 2.66. The molecule has 3 rings (SSSR count). The first-order valence-corrected chi connectivity index (χ1v) is 11.4. The molecule has 1 unspecified atom stereocenters. The Bertz CT molecular complexity index is 1000. The number of carbonyl (C=O) groups excluding carboxylic acids is 1. The lowest BCUT2D eigenvalue weighted by Gasteiger charge is -2.18. The highest BCUT2D eigenvalue weighted by molar-refractivity contribution is 5.83. The third-order valence-corrected chi connectivity index (χ3v) is 5.64. The third kappa shape index (κ3) is 7.58. The molecule has 0 spiro atoms. The fourth-order valence-electron chi connectivity index (χ4n) is 3.83. The van der Waals surface area contributed by atoms with Crippen LogP contribution in [0.15, 0.2) is 84.9 Å². The van der Waals surface area contributed by atoms with Gasteiger partial charge in [0.15, 0.2) is 6.10 Å². The van der Waals surface area contributed by atoms with Gasteiger partial charge in [-0.05, 0) is 42.0 Å². The molecule has 0 bridgehead atoms. The van der Waals surface area contributed by atoms with E-state index in [9.17, 15) is 14.7 Å². The van der Waals surface area contributed by atoms with E-state index in [-0.39, 0.29) is 11.8 Å². The van der Waals surface area contributed by atoms with E-state index >= 15 is 0 Å². The highest BCUT2D eigenvalue weighted by atomic mass is 16.5. The van der Waals surface area contributed by atoms with E-state index in [1.807, 2.05) is 84.9 Å². The Morgan fingerprint density at radius 2 is 1.45 bits per heavy atom. The number of nitrogens with one attached hydrogen (secondary N) is 1. The van der Waals surface area contributed by atoms with Crippen LogP contribution < -0.4 is 5.32 Å². The molecule has 3 aromatic carbocycles. The Morgan fingerprint density at radius 3 is 2.06 bits per heavy atom. The molecule has 0 heterocycles. The smallest absolute Gasteiger partial charge is 0.333 e. The average Bonchev–Trinajstić information content (AvgIpc) is 2.85. The SMILES string of the molecule is CCO[C@@H](Cc1ccc(CCC(C(=O)NCc2ccccc2)c2ccccc2)cc1)C(=O)O. The largest absolute Gasteiger partial charge is 0.479 e. The van der Waals surface area contributed by atoms with Crippen LogP contribution in [0.3, 0.4) is 0 Å². The fraction of sp³-hybridized carbons (Fsp3) is 0.286. The van der Waals surface area contributed by atoms with Gasteiger partial charge >= 0.3 is 5.97 Å². The Labute approximate surface area is 195 Å². The first-order valence-electron chi connectivity index (χ1n) is 11.4. The molecule has 2 atom stereocenters. The second-order valence-corrected chi connectivity index (χ2v) is 8.01. The molecule has 5 heteroatoms. The molecule has 0 radical (unpaired) electrons. The van der Waals surface area contributed by atoms with Gasteiger partial charge in [-0.15, -0.1) is 0 Å². The number of amides is 1. The van der Waals surface area contributed by atoms with Crippen LogP contribution >= 0.6 is 0 Å². The molecule has 1 amide bonds. The maximum absolute atomic E-state index is 13.1. The highest BCUT2D eigenvalue weighted by Gasteiger charge is 2.21. The molecule has 0 fully saturated rings. The van der Waals surface area contributed by atoms with Gasteiger partial charge in [0.2, 0.25) is 5.91 Å². The minimum absolute atomic E-state index is 0.0164. The summed E-state index contributed by atoms with van der Waals surface area (Å²) >= 11 is 0. The van der Waals surface area contributed by atoms with Crippen molar-refractivity contribution in [1.29, 1.82) is 0 Å². The Hall–Kier alpha value is -3.44. The van der Waals surface area contributed by atoms with Crippen LogP contribution in [0.5, 0.6) is 0 Å². The summed E-state index contributed by atoms with van der Waals surface area (Å²) in [6, 6.07) is 27.6. The van der Waals surface area contributed by atoms with E-state index in [0.29, 0.717) is 26.0 Å². The van der Waals surface area contributed by atoms with Gasteiger partial charge in [-0.1, -0.05) is 84.9 Å². The first kappa shape index (κ1) is 24.2. The molecule has 0 aromatic heterocycles. The van der Waals surface area contributed by atoms with Gasteiger partial charge in [0.1, 0.15) is 0 Å². The summed E-state index contributed by atoms with van der Waals surface area (Å²) in [5.41, 5.74) is 4.10. The van der Waals surface area contributed by atoms with Crippen molar-refractivity contribution in [2.24, 2.45) is 0 Å². The molecule has 33 heavy (non-hydrogen) atoms. The summed E-state index contributed by atoms with van der Waals surface area (Å²) < 4.78 is 5.30. The van der Waals surface area contributed by atoms with Crippen molar-refractivity contribution in [1.82, 2.24) is 5.32 Å². The number of ether oxygens (including phenoxy) is 1. The molecular weight excluding hydrogens is 414 g/mol. The predicted molar refractivity (Wildman–Crippen MR) is 129 cm³/mol. The highest BCUT2D eigenvalue weighted by Crippen LogP contribution is 2.23. The van der Waals surface area contributed by atoms with Crippen molar-refractivity contribution in [3.63, 3.8) is 0 Å². The Balaban J connectivity index is 1.63. The molecule has 0 aliphatic heterocycles. The minimum atomic E-state index is -0.951. The van der Waals surface area contributed by atoms with E-state index < -0.39 is 12.1 Å². The Morgan fingerprint density at radius 1 is 0.848 bits per heavy atom. The predicted octanol–water partition coefficient (Wildman–Crippen LogP) is 4.75. The van der Waals surface area contributed by atoms with Crippen LogP contribution in [0.4, 0.5) is 0 Å². The second-order valence-electron chi connectivity index (χ2n) is 8.01. The van der Waals surface area contributed by atoms with Crippen molar-refractivity contribution >= 4 is 11.9 Å². The van der Waals surface area contributed by atoms with Gasteiger partial charge in [0.25, 0.3) is 0 Å². The Kier molecular flexibility index (Phi) is 9.21. The second kappa shape index (κ2) is 12.6. The zero-order valence-electron chi connectivity index (χ0n) is 18.9. The fourth-order valence-corrected chi connectivity index (χ4v) is 3.83. The molecule has 0 saturated carbocycles. The van der Waals surface area contributed by atoms with E-state index in [1.54, 1.807) is 6.92 Å². The molecule has 5 nitrogen and oxygen atoms in total. The van der Waals surface area contributed by atoms with E-state index in [0.717, 1.165) is 28.7 Å². The standard InChI is InChI=1S/C28H31NO4/c1-2-33-26(28(31)32)19-22-15-13-21(14-16-22)17-18-25(24-11-7-4-8-12-24)27(30)29-20-23-9-5-3-6-10-23/h3-16,25-26H,2,17-20H2,1H3,(H,29,30)(H,31,32)/t25?,26-/m0/s1. The lowest BCUT2D eigenvalue weighted by atomic mass is 9.91. The lowest BCUT2D eigenvalue weighted by molar-refractivity contribution is -0.149. The van der Waals surface area contributed by atoms with Crippen LogP contribution in [-0.2, 0) is 33.7 Å². The van der Waals surface area contributed by atoms with Crippen LogP contribution in [0.2, 0.25) is 0 Å². The number of carboxylic acid groups (broad SMARTS) is 1. The number of benzene rings is 3. The van der Waals surface area contributed by atoms with Gasteiger partial charge in [-0.2, -0.15) is 0 Å². The number of carboxylic acids is 1. The number of rotatable bonds is 12. The van der Waals surface area contributed by atoms with E-state index in [2.05, 4.69) is 5.32 Å². The third-order valence-electron chi connectivity index (χ3n) is 5.64. The topological polar surface area (TPSA) is 75.6 Å². The number of aliphatic carboxylic acids is 1. The van der Waals surface area contributed by atoms with Gasteiger partial charge in [0.05, 0.1) is 5.92 Å². The monoisotopic (exact) mass is 445 g/mol. The summed E-state index contributed by atoms with van der Waals surface area (Å²) in [4.78, 5) is 24.4. The number of hydrogen-bond donors (Lipinski definition) is 2. The average molecular weight is 446 g/mol. The quantitative estimate of drug-likeness (QED) is 0.422. The molecular formula is C28H31NO4. The lowest BCUT2D eigenvalue weighted by Crippen LogP contribution is -2.29. The van der Waals surface area contributed by atoms with Gasteiger partial charge < -0.3 is 15.2 Å². The van der Waals surface area contributed by atoms with Gasteiger partial charge in [-0.25, -0.2) is 4.79 Å². The number of carbonyl (C=O) groups is 2. The van der Waals surface area contributed by atoms with Crippen LogP contribution in [0.25, 0.3) is 0 Å². The van der Waals surface area contributed by atoms with Crippen LogP contribution in [0.1, 0.15) is 41.5 Å². The summed E-state index contributed by atoms with van der Waals surface area (Å²) in [7, 11) is 0. The van der Waals surface area contributed by atoms with Crippen molar-refractivity contribution in [2.45, 2.75) is 44.8 Å². The van der Waals surface area contributed by atoms with Gasteiger partial charge in [0, 0.05) is 19.6 Å².